The first-order valence-corrected chi connectivity index (χ1v) is 14.4. The molecule has 9 heteroatoms. The summed E-state index contributed by atoms with van der Waals surface area (Å²) in [4.78, 5) is 19.3. The van der Waals surface area contributed by atoms with E-state index in [-0.39, 0.29) is 12.4 Å². The van der Waals surface area contributed by atoms with Crippen LogP contribution in [0.2, 0.25) is 5.02 Å². The molecule has 42 heavy (non-hydrogen) atoms. The first kappa shape index (κ1) is 29.2. The summed E-state index contributed by atoms with van der Waals surface area (Å²) in [5.41, 5.74) is 3.30. The van der Waals surface area contributed by atoms with Crippen LogP contribution >= 0.6 is 11.6 Å². The quantitative estimate of drug-likeness (QED) is 0.0943. The minimum absolute atomic E-state index is 0.278. The molecule has 0 aliphatic heterocycles. The van der Waals surface area contributed by atoms with Crippen LogP contribution in [-0.2, 0) is 17.9 Å². The third-order valence-electron chi connectivity index (χ3n) is 6.81. The number of anilines is 2. The monoisotopic (exact) mass is 586 g/mol. The Bertz CT molecular complexity index is 1620. The van der Waals surface area contributed by atoms with Gasteiger partial charge in [0.15, 0.2) is 0 Å². The average Bonchev–Trinajstić information content (AvgIpc) is 3.48. The largest absolute Gasteiger partial charge is 0.487 e. The number of aldehydes is 1. The number of fused-ring (bicyclic) bond motifs is 1. The maximum Gasteiger partial charge on any atom is 0.141 e. The summed E-state index contributed by atoms with van der Waals surface area (Å²) in [6.07, 6.45) is 7.39. The molecule has 0 fully saturated rings. The molecule has 3 aromatic carbocycles. The summed E-state index contributed by atoms with van der Waals surface area (Å²) in [7, 11) is 0. The van der Waals surface area contributed by atoms with Gasteiger partial charge in [-0.2, -0.15) is 0 Å². The highest BCUT2D eigenvalue weighted by Gasteiger charge is 2.11. The SMILES string of the molecule is O=CCCCCCCNCc1ccc(-c2ccc3ncnc(Nc4ccc(OCc5ccc(F)cc5)c(Cl)c4)c3c2)o1. The Morgan fingerprint density at radius 2 is 1.79 bits per heavy atom. The van der Waals surface area contributed by atoms with Gasteiger partial charge in [0.1, 0.15) is 48.1 Å². The lowest BCUT2D eigenvalue weighted by Crippen LogP contribution is -2.14. The second-order valence-corrected chi connectivity index (χ2v) is 10.4. The van der Waals surface area contributed by atoms with Gasteiger partial charge < -0.3 is 24.6 Å². The van der Waals surface area contributed by atoms with Crippen LogP contribution in [0, 0.1) is 5.82 Å². The first-order valence-electron chi connectivity index (χ1n) is 14.0. The Morgan fingerprint density at radius 3 is 2.62 bits per heavy atom. The number of nitrogens with one attached hydrogen (secondary N) is 2. The van der Waals surface area contributed by atoms with Gasteiger partial charge >= 0.3 is 0 Å². The first-order chi connectivity index (χ1) is 20.6. The van der Waals surface area contributed by atoms with E-state index in [1.54, 1.807) is 24.3 Å². The van der Waals surface area contributed by atoms with Crippen molar-refractivity contribution >= 4 is 40.3 Å². The number of nitrogens with zero attached hydrogens (tertiary/aromatic N) is 2. The standard InChI is InChI=1S/C33H32ClFN4O3/c34-29-19-26(11-14-32(29)41-21-23-6-9-25(35)10-7-23)39-33-28-18-24(8-13-30(28)37-22-38-33)31-15-12-27(42-31)20-36-16-4-2-1-3-5-17-40/h6-15,17-19,22,36H,1-5,16,20-21H2,(H,37,38,39). The van der Waals surface area contributed by atoms with Crippen molar-refractivity contribution in [3.8, 4) is 17.1 Å². The maximum atomic E-state index is 13.2. The molecule has 5 rings (SSSR count). The molecule has 5 aromatic rings. The smallest absolute Gasteiger partial charge is 0.141 e. The molecule has 0 aliphatic rings. The molecule has 0 unspecified atom stereocenters. The van der Waals surface area contributed by atoms with Crippen molar-refractivity contribution in [2.45, 2.75) is 45.3 Å². The predicted molar refractivity (Wildman–Crippen MR) is 164 cm³/mol. The van der Waals surface area contributed by atoms with Crippen molar-refractivity contribution in [2.24, 2.45) is 0 Å². The Hall–Kier alpha value is -4.27. The van der Waals surface area contributed by atoms with E-state index in [4.69, 9.17) is 20.8 Å². The third-order valence-corrected chi connectivity index (χ3v) is 7.10. The number of aromatic nitrogens is 2. The number of halogens is 2. The highest BCUT2D eigenvalue weighted by atomic mass is 35.5. The topological polar surface area (TPSA) is 89.3 Å². The van der Waals surface area contributed by atoms with Crippen LogP contribution in [0.4, 0.5) is 15.9 Å². The predicted octanol–water partition coefficient (Wildman–Crippen LogP) is 8.24. The van der Waals surface area contributed by atoms with E-state index in [0.717, 1.165) is 77.8 Å². The summed E-state index contributed by atoms with van der Waals surface area (Å²) in [5, 5.41) is 8.05. The van der Waals surface area contributed by atoms with Gasteiger partial charge in [0, 0.05) is 23.1 Å². The number of rotatable bonds is 15. The summed E-state index contributed by atoms with van der Waals surface area (Å²) in [6, 6.07) is 21.5. The molecule has 0 saturated carbocycles. The van der Waals surface area contributed by atoms with Gasteiger partial charge in [-0.25, -0.2) is 14.4 Å². The second kappa shape index (κ2) is 14.6. The van der Waals surface area contributed by atoms with Gasteiger partial charge in [0.25, 0.3) is 0 Å². The minimum Gasteiger partial charge on any atom is -0.487 e. The van der Waals surface area contributed by atoms with E-state index in [1.807, 2.05) is 36.4 Å². The van der Waals surface area contributed by atoms with Crippen molar-refractivity contribution in [3.63, 3.8) is 0 Å². The second-order valence-electron chi connectivity index (χ2n) is 9.95. The zero-order chi connectivity index (χ0) is 29.1. The molecular formula is C33H32ClFN4O3. The van der Waals surface area contributed by atoms with Crippen molar-refractivity contribution in [3.05, 3.63) is 101 Å². The molecule has 7 nitrogen and oxygen atoms in total. The summed E-state index contributed by atoms with van der Waals surface area (Å²) >= 11 is 6.51. The third kappa shape index (κ3) is 7.93. The minimum atomic E-state index is -0.288. The van der Waals surface area contributed by atoms with Gasteiger partial charge in [-0.3, -0.25) is 0 Å². The molecule has 0 amide bonds. The lowest BCUT2D eigenvalue weighted by molar-refractivity contribution is -0.107. The number of carbonyl (C=O) groups is 1. The number of hydrogen-bond acceptors (Lipinski definition) is 7. The van der Waals surface area contributed by atoms with Gasteiger partial charge in [-0.05, 0) is 85.6 Å². The fourth-order valence-electron chi connectivity index (χ4n) is 4.55. The lowest BCUT2D eigenvalue weighted by Gasteiger charge is -2.12. The zero-order valence-electron chi connectivity index (χ0n) is 23.1. The molecule has 2 heterocycles. The van der Waals surface area contributed by atoms with Crippen molar-refractivity contribution < 1.29 is 18.3 Å². The fraction of sp³-hybridized carbons (Fsp3) is 0.242. The highest BCUT2D eigenvalue weighted by molar-refractivity contribution is 6.32. The highest BCUT2D eigenvalue weighted by Crippen LogP contribution is 2.32. The number of benzene rings is 3. The molecule has 2 aromatic heterocycles. The molecule has 216 valence electrons. The van der Waals surface area contributed by atoms with E-state index in [2.05, 4.69) is 20.6 Å². The molecule has 0 atom stereocenters. The van der Waals surface area contributed by atoms with Gasteiger partial charge in [-0.15, -0.1) is 0 Å². The van der Waals surface area contributed by atoms with Gasteiger partial charge in [-0.1, -0.05) is 36.6 Å². The lowest BCUT2D eigenvalue weighted by atomic mass is 10.1. The van der Waals surface area contributed by atoms with Crippen LogP contribution in [0.25, 0.3) is 22.2 Å². The average molecular weight is 587 g/mol. The Morgan fingerprint density at radius 1 is 0.929 bits per heavy atom. The van der Waals surface area contributed by atoms with Gasteiger partial charge in [0.05, 0.1) is 17.1 Å². The van der Waals surface area contributed by atoms with E-state index in [1.165, 1.54) is 18.5 Å². The van der Waals surface area contributed by atoms with Crippen molar-refractivity contribution in [1.82, 2.24) is 15.3 Å². The van der Waals surface area contributed by atoms with E-state index in [0.29, 0.717) is 29.6 Å². The van der Waals surface area contributed by atoms with Crippen LogP contribution in [-0.4, -0.2) is 22.8 Å². The summed E-state index contributed by atoms with van der Waals surface area (Å²) in [6.45, 7) is 1.84. The molecule has 0 saturated heterocycles. The van der Waals surface area contributed by atoms with Crippen LogP contribution in [0.1, 0.15) is 43.4 Å². The van der Waals surface area contributed by atoms with Crippen LogP contribution < -0.4 is 15.4 Å². The Balaban J connectivity index is 1.21. The van der Waals surface area contributed by atoms with E-state index < -0.39 is 0 Å². The molecular weight excluding hydrogens is 555 g/mol. The van der Waals surface area contributed by atoms with Crippen LogP contribution in [0.15, 0.2) is 83.5 Å². The Labute approximate surface area is 249 Å². The molecule has 2 N–H and O–H groups in total. The van der Waals surface area contributed by atoms with E-state index >= 15 is 0 Å². The maximum absolute atomic E-state index is 13.2. The van der Waals surface area contributed by atoms with Crippen LogP contribution in [0.5, 0.6) is 5.75 Å². The van der Waals surface area contributed by atoms with Crippen LogP contribution in [0.3, 0.4) is 0 Å². The molecule has 0 radical (unpaired) electrons. The number of carbonyl (C=O) groups excluding carboxylic acids is 1. The van der Waals surface area contributed by atoms with Gasteiger partial charge in [0.2, 0.25) is 0 Å². The molecule has 0 aliphatic carbocycles. The molecule has 0 bridgehead atoms. The Kier molecular flexibility index (Phi) is 10.1. The van der Waals surface area contributed by atoms with E-state index in [9.17, 15) is 9.18 Å². The number of unbranched alkanes of at least 4 members (excludes halogenated alkanes) is 4. The molecule has 0 spiro atoms. The normalized spacial score (nSPS) is 11.1. The van der Waals surface area contributed by atoms with Crippen molar-refractivity contribution in [1.29, 1.82) is 0 Å². The zero-order valence-corrected chi connectivity index (χ0v) is 23.9. The number of furan rings is 1. The summed E-state index contributed by atoms with van der Waals surface area (Å²) in [5.74, 6) is 2.51. The fourth-order valence-corrected chi connectivity index (χ4v) is 4.79. The number of ether oxygens (including phenoxy) is 1. The van der Waals surface area contributed by atoms with Crippen molar-refractivity contribution in [2.75, 3.05) is 11.9 Å². The number of hydrogen-bond donors (Lipinski definition) is 2. The summed E-state index contributed by atoms with van der Waals surface area (Å²) < 4.78 is 25.1.